The number of hydrogen-bond acceptors (Lipinski definition) is 5. The first-order chi connectivity index (χ1) is 7.63. The number of hydrogen-bond donors (Lipinski definition) is 2. The van der Waals surface area contributed by atoms with E-state index in [0.717, 1.165) is 17.0 Å². The van der Waals surface area contributed by atoms with Crippen molar-refractivity contribution in [2.45, 2.75) is 20.3 Å². The van der Waals surface area contributed by atoms with Crippen LogP contribution in [-0.2, 0) is 11.2 Å². The minimum atomic E-state index is -0.257. The van der Waals surface area contributed by atoms with Crippen LogP contribution in [0.4, 0.5) is 0 Å². The highest BCUT2D eigenvalue weighted by atomic mass is 16.2. The number of nitrogens with zero attached hydrogens (tertiary/aromatic N) is 4. The van der Waals surface area contributed by atoms with Gasteiger partial charge in [-0.2, -0.15) is 10.1 Å². The van der Waals surface area contributed by atoms with Crippen LogP contribution in [-0.4, -0.2) is 25.5 Å². The summed E-state index contributed by atoms with van der Waals surface area (Å²) in [6.45, 7) is 3.70. The number of aromatic nitrogens is 4. The zero-order chi connectivity index (χ0) is 11.7. The van der Waals surface area contributed by atoms with Crippen molar-refractivity contribution in [1.82, 2.24) is 25.0 Å². The van der Waals surface area contributed by atoms with Gasteiger partial charge in [-0.3, -0.25) is 10.2 Å². The van der Waals surface area contributed by atoms with E-state index in [4.69, 9.17) is 5.84 Å². The van der Waals surface area contributed by atoms with Crippen LogP contribution in [0.1, 0.15) is 17.0 Å². The second-order valence-corrected chi connectivity index (χ2v) is 3.48. The summed E-state index contributed by atoms with van der Waals surface area (Å²) in [5.74, 6) is 5.34. The molecule has 0 aliphatic carbocycles. The summed E-state index contributed by atoms with van der Waals surface area (Å²) < 4.78 is 1.60. The molecular weight excluding hydrogens is 208 g/mol. The number of nitrogens with two attached hydrogens (primary N) is 1. The van der Waals surface area contributed by atoms with Gasteiger partial charge in [-0.25, -0.2) is 15.3 Å². The Morgan fingerprint density at radius 3 is 3.00 bits per heavy atom. The molecule has 3 N–H and O–H groups in total. The molecule has 84 valence electrons. The molecule has 1 amide bonds. The van der Waals surface area contributed by atoms with Crippen LogP contribution in [0.15, 0.2) is 6.33 Å². The molecule has 0 spiro atoms. The van der Waals surface area contributed by atoms with E-state index in [1.807, 2.05) is 13.8 Å². The van der Waals surface area contributed by atoms with Gasteiger partial charge in [0.1, 0.15) is 6.33 Å². The second kappa shape index (κ2) is 3.86. The van der Waals surface area contributed by atoms with Gasteiger partial charge in [0.05, 0.1) is 6.42 Å². The highest BCUT2D eigenvalue weighted by Gasteiger charge is 2.13. The molecule has 0 saturated carbocycles. The van der Waals surface area contributed by atoms with E-state index in [-0.39, 0.29) is 12.3 Å². The van der Waals surface area contributed by atoms with Crippen LogP contribution >= 0.6 is 0 Å². The third-order valence-electron chi connectivity index (χ3n) is 2.49. The van der Waals surface area contributed by atoms with Gasteiger partial charge in [-0.05, 0) is 13.8 Å². The molecule has 0 saturated heterocycles. The van der Waals surface area contributed by atoms with Crippen molar-refractivity contribution >= 4 is 11.7 Å². The number of amides is 1. The molecule has 2 aromatic rings. The maximum Gasteiger partial charge on any atom is 0.252 e. The zero-order valence-electron chi connectivity index (χ0n) is 9.06. The smallest absolute Gasteiger partial charge is 0.252 e. The Morgan fingerprint density at radius 1 is 1.56 bits per heavy atom. The number of fused-ring (bicyclic) bond motifs is 1. The average Bonchev–Trinajstić information content (AvgIpc) is 2.71. The monoisotopic (exact) mass is 220 g/mol. The number of aryl methyl sites for hydroxylation is 2. The molecule has 2 rings (SSSR count). The fourth-order valence-corrected chi connectivity index (χ4v) is 1.62. The number of hydrazine groups is 1. The summed E-state index contributed by atoms with van der Waals surface area (Å²) in [7, 11) is 0. The lowest BCUT2D eigenvalue weighted by atomic mass is 10.1. The Morgan fingerprint density at radius 2 is 2.31 bits per heavy atom. The largest absolute Gasteiger partial charge is 0.294 e. The van der Waals surface area contributed by atoms with Crippen molar-refractivity contribution in [3.8, 4) is 0 Å². The standard InChI is InChI=1S/C9H12N6O/c1-5-7(3-8(16)14-10)6(2)15-9(13-5)11-4-12-15/h4H,3,10H2,1-2H3,(H,14,16). The number of nitrogens with one attached hydrogen (secondary N) is 1. The molecule has 7 heteroatoms. The minimum Gasteiger partial charge on any atom is -0.294 e. The van der Waals surface area contributed by atoms with Gasteiger partial charge in [-0.15, -0.1) is 0 Å². The highest BCUT2D eigenvalue weighted by molar-refractivity contribution is 5.78. The summed E-state index contributed by atoms with van der Waals surface area (Å²) in [4.78, 5) is 19.5. The van der Waals surface area contributed by atoms with Crippen LogP contribution in [0.5, 0.6) is 0 Å². The fourth-order valence-electron chi connectivity index (χ4n) is 1.62. The predicted molar refractivity (Wildman–Crippen MR) is 56.3 cm³/mol. The van der Waals surface area contributed by atoms with Crippen LogP contribution in [0.2, 0.25) is 0 Å². The lowest BCUT2D eigenvalue weighted by molar-refractivity contribution is -0.120. The summed E-state index contributed by atoms with van der Waals surface area (Å²) in [6, 6.07) is 0. The number of carbonyl (C=O) groups excluding carboxylic acids is 1. The summed E-state index contributed by atoms with van der Waals surface area (Å²) in [6.07, 6.45) is 1.62. The summed E-state index contributed by atoms with van der Waals surface area (Å²) >= 11 is 0. The van der Waals surface area contributed by atoms with Crippen molar-refractivity contribution < 1.29 is 4.79 Å². The number of carbonyl (C=O) groups is 1. The molecular formula is C9H12N6O. The van der Waals surface area contributed by atoms with Crippen LogP contribution in [0, 0.1) is 13.8 Å². The fraction of sp³-hybridized carbons (Fsp3) is 0.333. The molecule has 0 fully saturated rings. The highest BCUT2D eigenvalue weighted by Crippen LogP contribution is 2.13. The molecule has 0 aliphatic rings. The Kier molecular flexibility index (Phi) is 2.53. The molecule has 0 bridgehead atoms. The quantitative estimate of drug-likeness (QED) is 0.395. The van der Waals surface area contributed by atoms with E-state index < -0.39 is 0 Å². The van der Waals surface area contributed by atoms with E-state index in [2.05, 4.69) is 20.5 Å². The molecule has 16 heavy (non-hydrogen) atoms. The Hall–Kier alpha value is -2.02. The lowest BCUT2D eigenvalue weighted by Crippen LogP contribution is -2.32. The first kappa shape index (κ1) is 10.5. The summed E-state index contributed by atoms with van der Waals surface area (Å²) in [5.41, 5.74) is 4.53. The van der Waals surface area contributed by atoms with E-state index >= 15 is 0 Å². The lowest BCUT2D eigenvalue weighted by Gasteiger charge is -2.09. The SMILES string of the molecule is Cc1nc2ncnn2c(C)c1CC(=O)NN. The normalized spacial score (nSPS) is 10.7. The predicted octanol–water partition coefficient (Wildman–Crippen LogP) is -0.726. The molecule has 7 nitrogen and oxygen atoms in total. The topological polar surface area (TPSA) is 98.2 Å². The first-order valence-electron chi connectivity index (χ1n) is 4.78. The molecule has 0 unspecified atom stereocenters. The van der Waals surface area contributed by atoms with Crippen LogP contribution in [0.3, 0.4) is 0 Å². The molecule has 2 aromatic heterocycles. The van der Waals surface area contributed by atoms with Gasteiger partial charge >= 0.3 is 0 Å². The van der Waals surface area contributed by atoms with E-state index in [9.17, 15) is 4.79 Å². The molecule has 0 aromatic carbocycles. The van der Waals surface area contributed by atoms with Crippen molar-refractivity contribution in [3.63, 3.8) is 0 Å². The second-order valence-electron chi connectivity index (χ2n) is 3.48. The maximum atomic E-state index is 11.3. The van der Waals surface area contributed by atoms with Gasteiger partial charge in [0.25, 0.3) is 5.78 Å². The molecule has 0 radical (unpaired) electrons. The van der Waals surface area contributed by atoms with E-state index in [1.54, 1.807) is 4.52 Å². The first-order valence-corrected chi connectivity index (χ1v) is 4.78. The van der Waals surface area contributed by atoms with Crippen molar-refractivity contribution in [1.29, 1.82) is 0 Å². The Balaban J connectivity index is 2.55. The third kappa shape index (κ3) is 1.61. The maximum absolute atomic E-state index is 11.3. The zero-order valence-corrected chi connectivity index (χ0v) is 9.06. The van der Waals surface area contributed by atoms with E-state index in [0.29, 0.717) is 5.78 Å². The van der Waals surface area contributed by atoms with Crippen molar-refractivity contribution in [2.24, 2.45) is 5.84 Å². The van der Waals surface area contributed by atoms with E-state index in [1.165, 1.54) is 6.33 Å². The molecule has 0 atom stereocenters. The Labute approximate surface area is 91.7 Å². The van der Waals surface area contributed by atoms with Crippen LogP contribution in [0.25, 0.3) is 5.78 Å². The van der Waals surface area contributed by atoms with Gasteiger partial charge in [0.2, 0.25) is 5.91 Å². The van der Waals surface area contributed by atoms with Crippen LogP contribution < -0.4 is 11.3 Å². The average molecular weight is 220 g/mol. The third-order valence-corrected chi connectivity index (χ3v) is 2.49. The summed E-state index contributed by atoms with van der Waals surface area (Å²) in [5, 5.41) is 4.03. The van der Waals surface area contributed by atoms with Gasteiger partial charge in [0, 0.05) is 17.0 Å². The van der Waals surface area contributed by atoms with Gasteiger partial charge in [0.15, 0.2) is 0 Å². The van der Waals surface area contributed by atoms with Gasteiger partial charge < -0.3 is 0 Å². The minimum absolute atomic E-state index is 0.191. The van der Waals surface area contributed by atoms with Crippen molar-refractivity contribution in [3.05, 3.63) is 23.3 Å². The van der Waals surface area contributed by atoms with Crippen molar-refractivity contribution in [2.75, 3.05) is 0 Å². The number of rotatable bonds is 2. The Bertz CT molecular complexity index is 546. The molecule has 2 heterocycles. The van der Waals surface area contributed by atoms with Gasteiger partial charge in [-0.1, -0.05) is 0 Å². The molecule has 0 aliphatic heterocycles.